The quantitative estimate of drug-likeness (QED) is 0.785. The molecule has 24 heavy (non-hydrogen) atoms. The van der Waals surface area contributed by atoms with Gasteiger partial charge in [0.1, 0.15) is 0 Å². The fraction of sp³-hybridized carbons (Fsp3) is 0.650. The molecule has 1 atom stereocenters. The van der Waals surface area contributed by atoms with E-state index in [1.54, 1.807) is 0 Å². The van der Waals surface area contributed by atoms with E-state index in [-0.39, 0.29) is 6.03 Å². The Morgan fingerprint density at radius 1 is 1.08 bits per heavy atom. The minimum absolute atomic E-state index is 0.0190. The average Bonchev–Trinajstić information content (AvgIpc) is 3.09. The summed E-state index contributed by atoms with van der Waals surface area (Å²) in [7, 11) is 0. The molecule has 2 N–H and O–H groups in total. The molecule has 2 aliphatic rings. The number of urea groups is 1. The lowest BCUT2D eigenvalue weighted by Gasteiger charge is -2.23. The van der Waals surface area contributed by atoms with Crippen molar-refractivity contribution in [2.75, 3.05) is 26.2 Å². The summed E-state index contributed by atoms with van der Waals surface area (Å²) in [5.74, 6) is 0.675. The van der Waals surface area contributed by atoms with Crippen molar-refractivity contribution in [3.8, 4) is 0 Å². The summed E-state index contributed by atoms with van der Waals surface area (Å²) in [6.45, 7) is 4.17. The zero-order valence-electron chi connectivity index (χ0n) is 14.7. The van der Waals surface area contributed by atoms with Crippen molar-refractivity contribution in [1.82, 2.24) is 15.5 Å². The molecule has 1 aromatic carbocycles. The molecule has 1 aliphatic carbocycles. The van der Waals surface area contributed by atoms with Gasteiger partial charge in [-0.2, -0.15) is 0 Å². The summed E-state index contributed by atoms with van der Waals surface area (Å²) in [5.41, 5.74) is 1.46. The Bertz CT molecular complexity index is 499. The number of carbonyl (C=O) groups is 1. The van der Waals surface area contributed by atoms with Crippen LogP contribution in [0.1, 0.15) is 56.4 Å². The second-order valence-electron chi connectivity index (χ2n) is 7.29. The van der Waals surface area contributed by atoms with Gasteiger partial charge in [0.2, 0.25) is 0 Å². The number of likely N-dealkylation sites (tertiary alicyclic amines) is 1. The van der Waals surface area contributed by atoms with Gasteiger partial charge in [0.15, 0.2) is 0 Å². The molecule has 2 amide bonds. The van der Waals surface area contributed by atoms with Gasteiger partial charge in [-0.3, -0.25) is 0 Å². The first-order chi connectivity index (χ1) is 11.8. The standard InChI is InChI=1S/C20H31N3O/c24-20(22-19-10-5-2-6-11-19)21-13-7-14-23-15-12-18(16-23)17-8-3-1-4-9-17/h1,3-4,8-9,18-19H,2,5-7,10-16H2,(H2,21,22,24)/t18-/m0/s1. The van der Waals surface area contributed by atoms with Crippen molar-refractivity contribution in [2.24, 2.45) is 0 Å². The van der Waals surface area contributed by atoms with E-state index in [4.69, 9.17) is 0 Å². The number of hydrogen-bond acceptors (Lipinski definition) is 2. The van der Waals surface area contributed by atoms with Crippen molar-refractivity contribution in [1.29, 1.82) is 0 Å². The van der Waals surface area contributed by atoms with Crippen LogP contribution in [0.2, 0.25) is 0 Å². The SMILES string of the molecule is O=C(NCCCN1CC[C@H](c2ccccc2)C1)NC1CCCCC1. The summed E-state index contributed by atoms with van der Waals surface area (Å²) in [5, 5.41) is 6.13. The van der Waals surface area contributed by atoms with Crippen LogP contribution in [-0.4, -0.2) is 43.2 Å². The molecule has 4 heteroatoms. The van der Waals surface area contributed by atoms with Crippen molar-refractivity contribution in [3.63, 3.8) is 0 Å². The van der Waals surface area contributed by atoms with E-state index in [1.807, 2.05) is 0 Å². The van der Waals surface area contributed by atoms with Gasteiger partial charge in [0.05, 0.1) is 0 Å². The van der Waals surface area contributed by atoms with Gasteiger partial charge < -0.3 is 15.5 Å². The maximum atomic E-state index is 11.9. The Morgan fingerprint density at radius 3 is 2.67 bits per heavy atom. The molecule has 1 aromatic rings. The number of benzene rings is 1. The Balaban J connectivity index is 1.28. The third-order valence-corrected chi connectivity index (χ3v) is 5.42. The molecule has 4 nitrogen and oxygen atoms in total. The van der Waals surface area contributed by atoms with E-state index in [0.717, 1.165) is 38.9 Å². The smallest absolute Gasteiger partial charge is 0.315 e. The second kappa shape index (κ2) is 9.07. The molecule has 1 heterocycles. The molecule has 0 spiro atoms. The van der Waals surface area contributed by atoms with Crippen molar-refractivity contribution >= 4 is 6.03 Å². The summed E-state index contributed by atoms with van der Waals surface area (Å²) in [6, 6.07) is 11.2. The molecule has 1 aliphatic heterocycles. The summed E-state index contributed by atoms with van der Waals surface area (Å²) in [4.78, 5) is 14.4. The highest BCUT2D eigenvalue weighted by molar-refractivity contribution is 5.74. The predicted molar refractivity (Wildman–Crippen MR) is 98.3 cm³/mol. The Morgan fingerprint density at radius 2 is 1.88 bits per heavy atom. The minimum atomic E-state index is 0.0190. The molecular weight excluding hydrogens is 298 g/mol. The first-order valence-corrected chi connectivity index (χ1v) is 9.63. The van der Waals surface area contributed by atoms with Crippen LogP contribution in [0.5, 0.6) is 0 Å². The van der Waals surface area contributed by atoms with Crippen LogP contribution in [0, 0.1) is 0 Å². The minimum Gasteiger partial charge on any atom is -0.338 e. The zero-order chi connectivity index (χ0) is 16.6. The highest BCUT2D eigenvalue weighted by Crippen LogP contribution is 2.26. The summed E-state index contributed by atoms with van der Waals surface area (Å²) >= 11 is 0. The Labute approximate surface area is 146 Å². The van der Waals surface area contributed by atoms with E-state index < -0.39 is 0 Å². The van der Waals surface area contributed by atoms with Gasteiger partial charge in [0, 0.05) is 19.1 Å². The molecule has 0 bridgehead atoms. The lowest BCUT2D eigenvalue weighted by atomic mass is 9.96. The molecule has 132 valence electrons. The topological polar surface area (TPSA) is 44.4 Å². The van der Waals surface area contributed by atoms with Gasteiger partial charge >= 0.3 is 6.03 Å². The lowest BCUT2D eigenvalue weighted by Crippen LogP contribution is -2.43. The largest absolute Gasteiger partial charge is 0.338 e. The van der Waals surface area contributed by atoms with Crippen LogP contribution in [0.25, 0.3) is 0 Å². The van der Waals surface area contributed by atoms with Crippen molar-refractivity contribution in [2.45, 2.75) is 56.9 Å². The van der Waals surface area contributed by atoms with E-state index in [9.17, 15) is 4.79 Å². The maximum Gasteiger partial charge on any atom is 0.315 e. The number of carbonyl (C=O) groups excluding carboxylic acids is 1. The molecule has 1 saturated carbocycles. The first-order valence-electron chi connectivity index (χ1n) is 9.63. The van der Waals surface area contributed by atoms with Crippen LogP contribution < -0.4 is 10.6 Å². The molecule has 0 aromatic heterocycles. The van der Waals surface area contributed by atoms with Crippen LogP contribution in [0.3, 0.4) is 0 Å². The molecule has 2 fully saturated rings. The highest BCUT2D eigenvalue weighted by Gasteiger charge is 2.23. The molecule has 3 rings (SSSR count). The molecule has 1 saturated heterocycles. The predicted octanol–water partition coefficient (Wildman–Crippen LogP) is 3.50. The number of nitrogens with zero attached hydrogens (tertiary/aromatic N) is 1. The average molecular weight is 329 g/mol. The zero-order valence-corrected chi connectivity index (χ0v) is 14.7. The van der Waals surface area contributed by atoms with Crippen molar-refractivity contribution in [3.05, 3.63) is 35.9 Å². The molecule has 0 unspecified atom stereocenters. The van der Waals surface area contributed by atoms with E-state index in [1.165, 1.54) is 37.8 Å². The highest BCUT2D eigenvalue weighted by atomic mass is 16.2. The molecular formula is C20H31N3O. The van der Waals surface area contributed by atoms with Gasteiger partial charge in [-0.25, -0.2) is 4.79 Å². The third-order valence-electron chi connectivity index (χ3n) is 5.42. The Kier molecular flexibility index (Phi) is 6.53. The first kappa shape index (κ1) is 17.3. The van der Waals surface area contributed by atoms with Crippen LogP contribution in [-0.2, 0) is 0 Å². The number of nitrogens with one attached hydrogen (secondary N) is 2. The van der Waals surface area contributed by atoms with Crippen LogP contribution >= 0.6 is 0 Å². The second-order valence-corrected chi connectivity index (χ2v) is 7.29. The summed E-state index contributed by atoms with van der Waals surface area (Å²) < 4.78 is 0. The Hall–Kier alpha value is -1.55. The van der Waals surface area contributed by atoms with E-state index in [0.29, 0.717) is 12.0 Å². The van der Waals surface area contributed by atoms with Gasteiger partial charge in [-0.05, 0) is 50.3 Å². The number of hydrogen-bond donors (Lipinski definition) is 2. The van der Waals surface area contributed by atoms with Crippen LogP contribution in [0.15, 0.2) is 30.3 Å². The van der Waals surface area contributed by atoms with Gasteiger partial charge in [-0.15, -0.1) is 0 Å². The lowest BCUT2D eigenvalue weighted by molar-refractivity contribution is 0.231. The maximum absolute atomic E-state index is 11.9. The number of amides is 2. The third kappa shape index (κ3) is 5.23. The monoisotopic (exact) mass is 329 g/mol. The fourth-order valence-electron chi connectivity index (χ4n) is 4.02. The van der Waals surface area contributed by atoms with Crippen molar-refractivity contribution < 1.29 is 4.79 Å². The van der Waals surface area contributed by atoms with E-state index in [2.05, 4.69) is 45.9 Å². The van der Waals surface area contributed by atoms with E-state index >= 15 is 0 Å². The van der Waals surface area contributed by atoms with Gasteiger partial charge in [0.25, 0.3) is 0 Å². The summed E-state index contributed by atoms with van der Waals surface area (Å²) in [6.07, 6.45) is 8.38. The van der Waals surface area contributed by atoms with Crippen LogP contribution in [0.4, 0.5) is 4.79 Å². The normalized spacial score (nSPS) is 22.4. The fourth-order valence-corrected chi connectivity index (χ4v) is 4.02. The van der Waals surface area contributed by atoms with Gasteiger partial charge in [-0.1, -0.05) is 49.6 Å². The molecule has 0 radical (unpaired) electrons. The number of rotatable bonds is 6.